The molecule has 0 saturated heterocycles. The number of hydrogen-bond donors (Lipinski definition) is 2. The van der Waals surface area contributed by atoms with Crippen LogP contribution >= 0.6 is 0 Å². The van der Waals surface area contributed by atoms with E-state index < -0.39 is 6.10 Å². The highest BCUT2D eigenvalue weighted by atomic mass is 16.3. The summed E-state index contributed by atoms with van der Waals surface area (Å²) in [6.07, 6.45) is 1.88. The summed E-state index contributed by atoms with van der Waals surface area (Å²) in [5.41, 5.74) is 1.75. The molecule has 2 heteroatoms. The minimum Gasteiger partial charge on any atom is -0.508 e. The second-order valence-electron chi connectivity index (χ2n) is 3.59. The third-order valence-corrected chi connectivity index (χ3v) is 2.05. The highest BCUT2D eigenvalue weighted by molar-refractivity contribution is 5.33. The summed E-state index contributed by atoms with van der Waals surface area (Å²) in [5.74, 6) is 0.155. The Morgan fingerprint density at radius 2 is 2.00 bits per heavy atom. The van der Waals surface area contributed by atoms with Crippen LogP contribution in [-0.2, 0) is 0 Å². The van der Waals surface area contributed by atoms with Crippen molar-refractivity contribution in [3.8, 4) is 5.75 Å². The summed E-state index contributed by atoms with van der Waals surface area (Å²) >= 11 is 0. The minimum atomic E-state index is -0.619. The van der Waals surface area contributed by atoms with Crippen molar-refractivity contribution in [3.05, 3.63) is 41.5 Å². The van der Waals surface area contributed by atoms with Gasteiger partial charge in [-0.15, -0.1) is 0 Å². The van der Waals surface area contributed by atoms with Gasteiger partial charge >= 0.3 is 0 Å². The van der Waals surface area contributed by atoms with E-state index in [1.165, 1.54) is 5.57 Å². The van der Waals surface area contributed by atoms with Gasteiger partial charge in [-0.25, -0.2) is 0 Å². The average molecular weight is 192 g/mol. The maximum absolute atomic E-state index is 9.75. The van der Waals surface area contributed by atoms with E-state index in [-0.39, 0.29) is 5.75 Å². The van der Waals surface area contributed by atoms with Crippen molar-refractivity contribution in [3.63, 3.8) is 0 Å². The van der Waals surface area contributed by atoms with Crippen LogP contribution in [0.1, 0.15) is 31.9 Å². The Balaban J connectivity index is 2.74. The third-order valence-electron chi connectivity index (χ3n) is 2.05. The maximum Gasteiger partial charge on any atom is 0.121 e. The molecule has 2 N–H and O–H groups in total. The van der Waals surface area contributed by atoms with Gasteiger partial charge in [0.1, 0.15) is 5.75 Å². The van der Waals surface area contributed by atoms with Gasteiger partial charge in [0.2, 0.25) is 0 Å². The predicted octanol–water partition coefficient (Wildman–Crippen LogP) is 2.78. The maximum atomic E-state index is 9.75. The van der Waals surface area contributed by atoms with Crippen molar-refractivity contribution >= 4 is 0 Å². The number of para-hydroxylation sites is 1. The average Bonchev–Trinajstić information content (AvgIpc) is 2.15. The van der Waals surface area contributed by atoms with Crippen LogP contribution in [0.3, 0.4) is 0 Å². The van der Waals surface area contributed by atoms with Crippen LogP contribution in [0.5, 0.6) is 5.75 Å². The van der Waals surface area contributed by atoms with Gasteiger partial charge in [-0.1, -0.05) is 29.8 Å². The van der Waals surface area contributed by atoms with Crippen LogP contribution in [-0.4, -0.2) is 10.2 Å². The molecule has 0 bridgehead atoms. The molecule has 0 fully saturated rings. The lowest BCUT2D eigenvalue weighted by molar-refractivity contribution is 0.177. The van der Waals surface area contributed by atoms with Crippen LogP contribution in [0, 0.1) is 0 Å². The summed E-state index contributed by atoms with van der Waals surface area (Å²) in [6, 6.07) is 6.87. The molecule has 2 nitrogen and oxygen atoms in total. The molecule has 0 amide bonds. The van der Waals surface area contributed by atoms with Gasteiger partial charge in [-0.2, -0.15) is 0 Å². The Morgan fingerprint density at radius 1 is 1.36 bits per heavy atom. The van der Waals surface area contributed by atoms with E-state index in [0.29, 0.717) is 12.0 Å². The van der Waals surface area contributed by atoms with Crippen LogP contribution in [0.15, 0.2) is 35.9 Å². The SMILES string of the molecule is CC(C)=CCC(O)c1ccccc1O. The topological polar surface area (TPSA) is 40.5 Å². The van der Waals surface area contributed by atoms with Crippen molar-refractivity contribution < 1.29 is 10.2 Å². The number of phenols is 1. The smallest absolute Gasteiger partial charge is 0.121 e. The second-order valence-corrected chi connectivity index (χ2v) is 3.59. The fourth-order valence-electron chi connectivity index (χ4n) is 1.24. The number of phenolic OH excluding ortho intramolecular Hbond substituents is 1. The molecule has 1 atom stereocenters. The third kappa shape index (κ3) is 2.89. The summed E-state index contributed by atoms with van der Waals surface area (Å²) in [6.45, 7) is 3.97. The zero-order valence-electron chi connectivity index (χ0n) is 8.57. The Kier molecular flexibility index (Phi) is 3.72. The molecule has 14 heavy (non-hydrogen) atoms. The molecule has 1 rings (SSSR count). The zero-order valence-corrected chi connectivity index (χ0v) is 8.57. The molecule has 76 valence electrons. The van der Waals surface area contributed by atoms with E-state index in [2.05, 4.69) is 0 Å². The van der Waals surface area contributed by atoms with Gasteiger partial charge in [-0.05, 0) is 26.3 Å². The molecule has 0 aliphatic carbocycles. The molecular weight excluding hydrogens is 176 g/mol. The molecule has 1 unspecified atom stereocenters. The fraction of sp³-hybridized carbons (Fsp3) is 0.333. The van der Waals surface area contributed by atoms with Crippen molar-refractivity contribution in [1.29, 1.82) is 0 Å². The molecule has 0 spiro atoms. The molecule has 0 aliphatic rings. The highest BCUT2D eigenvalue weighted by Crippen LogP contribution is 2.26. The molecule has 0 heterocycles. The molecule has 0 aliphatic heterocycles. The minimum absolute atomic E-state index is 0.155. The van der Waals surface area contributed by atoms with Gasteiger partial charge in [0.05, 0.1) is 6.10 Å². The highest BCUT2D eigenvalue weighted by Gasteiger charge is 2.09. The van der Waals surface area contributed by atoms with Crippen LogP contribution in [0.2, 0.25) is 0 Å². The predicted molar refractivity (Wildman–Crippen MR) is 57.1 cm³/mol. The molecule has 0 aromatic heterocycles. The number of aliphatic hydroxyl groups is 1. The lowest BCUT2D eigenvalue weighted by Gasteiger charge is -2.10. The summed E-state index contributed by atoms with van der Waals surface area (Å²) < 4.78 is 0. The number of allylic oxidation sites excluding steroid dienone is 1. The largest absolute Gasteiger partial charge is 0.508 e. The first-order valence-electron chi connectivity index (χ1n) is 4.70. The van der Waals surface area contributed by atoms with E-state index in [0.717, 1.165) is 0 Å². The molecular formula is C12H16O2. The number of benzene rings is 1. The lowest BCUT2D eigenvalue weighted by atomic mass is 10.0. The normalized spacial score (nSPS) is 12.2. The number of hydrogen-bond acceptors (Lipinski definition) is 2. The van der Waals surface area contributed by atoms with Crippen molar-refractivity contribution in [2.24, 2.45) is 0 Å². The first kappa shape index (κ1) is 10.8. The first-order valence-corrected chi connectivity index (χ1v) is 4.70. The molecule has 0 saturated carbocycles. The van der Waals surface area contributed by atoms with Gasteiger partial charge in [0.15, 0.2) is 0 Å². The van der Waals surface area contributed by atoms with Crippen molar-refractivity contribution in [2.75, 3.05) is 0 Å². The zero-order chi connectivity index (χ0) is 10.6. The van der Waals surface area contributed by atoms with Crippen LogP contribution in [0.25, 0.3) is 0 Å². The van der Waals surface area contributed by atoms with Gasteiger partial charge in [-0.3, -0.25) is 0 Å². The van der Waals surface area contributed by atoms with E-state index in [9.17, 15) is 10.2 Å². The van der Waals surface area contributed by atoms with Crippen molar-refractivity contribution in [2.45, 2.75) is 26.4 Å². The number of aromatic hydroxyl groups is 1. The van der Waals surface area contributed by atoms with E-state index >= 15 is 0 Å². The summed E-state index contributed by atoms with van der Waals surface area (Å²) in [7, 11) is 0. The monoisotopic (exact) mass is 192 g/mol. The fourth-order valence-corrected chi connectivity index (χ4v) is 1.24. The Bertz CT molecular complexity index is 325. The molecule has 0 radical (unpaired) electrons. The van der Waals surface area contributed by atoms with Gasteiger partial charge in [0.25, 0.3) is 0 Å². The van der Waals surface area contributed by atoms with Crippen LogP contribution in [0.4, 0.5) is 0 Å². The number of rotatable bonds is 3. The summed E-state index contributed by atoms with van der Waals surface area (Å²) in [4.78, 5) is 0. The molecule has 1 aromatic rings. The Morgan fingerprint density at radius 3 is 2.57 bits per heavy atom. The second kappa shape index (κ2) is 4.82. The van der Waals surface area contributed by atoms with E-state index in [4.69, 9.17) is 0 Å². The standard InChI is InChI=1S/C12H16O2/c1-9(2)7-8-12(14)10-5-3-4-6-11(10)13/h3-7,12-14H,8H2,1-2H3. The Labute approximate surface area is 84.5 Å². The quantitative estimate of drug-likeness (QED) is 0.723. The molecule has 1 aromatic carbocycles. The van der Waals surface area contributed by atoms with Crippen LogP contribution < -0.4 is 0 Å². The lowest BCUT2D eigenvalue weighted by Crippen LogP contribution is -1.96. The number of aliphatic hydroxyl groups excluding tert-OH is 1. The van der Waals surface area contributed by atoms with E-state index in [1.807, 2.05) is 19.9 Å². The van der Waals surface area contributed by atoms with Gasteiger partial charge < -0.3 is 10.2 Å². The summed E-state index contributed by atoms with van der Waals surface area (Å²) in [5, 5.41) is 19.2. The van der Waals surface area contributed by atoms with Gasteiger partial charge in [0, 0.05) is 5.56 Å². The first-order chi connectivity index (χ1) is 6.61. The van der Waals surface area contributed by atoms with E-state index in [1.54, 1.807) is 24.3 Å². The van der Waals surface area contributed by atoms with Crippen molar-refractivity contribution in [1.82, 2.24) is 0 Å². The Hall–Kier alpha value is -1.28.